The highest BCUT2D eigenvalue weighted by atomic mass is 19.3. The fraction of sp³-hybridized carbons (Fsp3) is 0.474. The first-order valence-electron chi connectivity index (χ1n) is 9.01. The van der Waals surface area contributed by atoms with Crippen molar-refractivity contribution in [3.05, 3.63) is 41.1 Å². The maximum absolute atomic E-state index is 14.3. The lowest BCUT2D eigenvalue weighted by molar-refractivity contribution is 0.0492. The molecule has 168 valence electrons. The van der Waals surface area contributed by atoms with Crippen molar-refractivity contribution in [1.29, 1.82) is 5.41 Å². The van der Waals surface area contributed by atoms with Gasteiger partial charge in [0.05, 0.1) is 6.10 Å². The van der Waals surface area contributed by atoms with Crippen LogP contribution in [-0.2, 0) is 11.3 Å². The monoisotopic (exact) mass is 434 g/mol. The number of carbonyl (C=O) groups is 1. The number of carbonyl (C=O) groups excluding carboxylic acids is 1. The average molecular weight is 434 g/mol. The van der Waals surface area contributed by atoms with Crippen molar-refractivity contribution >= 4 is 17.9 Å². The Morgan fingerprint density at radius 1 is 1.23 bits per heavy atom. The third kappa shape index (κ3) is 9.23. The lowest BCUT2D eigenvalue weighted by Gasteiger charge is -2.20. The Labute approximate surface area is 172 Å². The molecule has 0 aromatic heterocycles. The third-order valence-corrected chi connectivity index (χ3v) is 3.56. The fourth-order valence-corrected chi connectivity index (χ4v) is 2.25. The van der Waals surface area contributed by atoms with Crippen LogP contribution in [-0.4, -0.2) is 48.8 Å². The van der Waals surface area contributed by atoms with E-state index in [1.165, 1.54) is 0 Å². The van der Waals surface area contributed by atoms with E-state index in [9.17, 15) is 27.5 Å². The Kier molecular flexibility index (Phi) is 9.73. The molecule has 0 bridgehead atoms. The molecule has 0 aliphatic rings. The normalized spacial score (nSPS) is 13.2. The van der Waals surface area contributed by atoms with Gasteiger partial charge in [0.15, 0.2) is 0 Å². The van der Waals surface area contributed by atoms with Gasteiger partial charge in [0.25, 0.3) is 0 Å². The van der Waals surface area contributed by atoms with Gasteiger partial charge in [-0.25, -0.2) is 13.6 Å². The summed E-state index contributed by atoms with van der Waals surface area (Å²) in [6, 6.07) is 1.84. The minimum Gasteiger partial charge on any atom is -0.444 e. The smallest absolute Gasteiger partial charge is 0.407 e. The van der Waals surface area contributed by atoms with Crippen LogP contribution in [0, 0.1) is 17.0 Å². The number of nitrogens with one attached hydrogen (secondary N) is 4. The van der Waals surface area contributed by atoms with Gasteiger partial charge in [-0.2, -0.15) is 8.78 Å². The Bertz CT molecular complexity index is 744. The van der Waals surface area contributed by atoms with E-state index in [1.807, 2.05) is 0 Å². The molecule has 11 heteroatoms. The van der Waals surface area contributed by atoms with Crippen molar-refractivity contribution in [2.45, 2.75) is 45.6 Å². The third-order valence-electron chi connectivity index (χ3n) is 3.56. The van der Waals surface area contributed by atoms with Gasteiger partial charge < -0.3 is 31.2 Å². The van der Waals surface area contributed by atoms with Crippen LogP contribution < -0.4 is 16.0 Å². The quantitative estimate of drug-likeness (QED) is 0.221. The number of hydrogen-bond donors (Lipinski definition) is 5. The molecule has 1 atom stereocenters. The first-order chi connectivity index (χ1) is 13.9. The Morgan fingerprint density at radius 3 is 2.33 bits per heavy atom. The van der Waals surface area contributed by atoms with Crippen molar-refractivity contribution < 1.29 is 32.2 Å². The predicted molar refractivity (Wildman–Crippen MR) is 104 cm³/mol. The molecular weight excluding hydrogens is 408 g/mol. The topological polar surface area (TPSA) is 106 Å². The molecule has 0 heterocycles. The van der Waals surface area contributed by atoms with E-state index in [0.29, 0.717) is 6.21 Å². The second kappa shape index (κ2) is 11.5. The highest BCUT2D eigenvalue weighted by molar-refractivity contribution is 6.08. The zero-order valence-corrected chi connectivity index (χ0v) is 16.9. The highest BCUT2D eigenvalue weighted by Gasteiger charge is 2.17. The van der Waals surface area contributed by atoms with Crippen LogP contribution >= 0.6 is 0 Å². The lowest BCUT2D eigenvalue weighted by Crippen LogP contribution is -2.40. The van der Waals surface area contributed by atoms with Crippen LogP contribution in [0.4, 0.5) is 22.4 Å². The average Bonchev–Trinajstić information content (AvgIpc) is 2.61. The van der Waals surface area contributed by atoms with E-state index >= 15 is 0 Å². The van der Waals surface area contributed by atoms with E-state index in [0.717, 1.165) is 18.3 Å². The van der Waals surface area contributed by atoms with Crippen molar-refractivity contribution in [1.82, 2.24) is 16.0 Å². The van der Waals surface area contributed by atoms with Gasteiger partial charge in [-0.1, -0.05) is 0 Å². The molecule has 0 fully saturated rings. The highest BCUT2D eigenvalue weighted by Crippen LogP contribution is 2.20. The number of aliphatic hydroxyl groups is 1. The summed E-state index contributed by atoms with van der Waals surface area (Å²) in [5.74, 6) is -1.88. The van der Waals surface area contributed by atoms with E-state index in [2.05, 4.69) is 10.6 Å². The predicted octanol–water partition coefficient (Wildman–Crippen LogP) is 2.74. The second-order valence-corrected chi connectivity index (χ2v) is 7.30. The Morgan fingerprint density at radius 2 is 1.83 bits per heavy atom. The maximum atomic E-state index is 14.3. The summed E-state index contributed by atoms with van der Waals surface area (Å²) >= 11 is 0. The number of halogens is 4. The van der Waals surface area contributed by atoms with Crippen molar-refractivity contribution in [2.24, 2.45) is 0 Å². The summed E-state index contributed by atoms with van der Waals surface area (Å²) < 4.78 is 57.9. The molecule has 7 nitrogen and oxygen atoms in total. The van der Waals surface area contributed by atoms with Gasteiger partial charge in [0, 0.05) is 43.2 Å². The number of rotatable bonds is 10. The van der Waals surface area contributed by atoms with Crippen LogP contribution in [0.25, 0.3) is 5.57 Å². The van der Waals surface area contributed by atoms with Gasteiger partial charge in [-0.3, -0.25) is 0 Å². The van der Waals surface area contributed by atoms with Crippen LogP contribution in [0.5, 0.6) is 0 Å². The molecule has 0 spiro atoms. The van der Waals surface area contributed by atoms with Gasteiger partial charge in [-0.15, -0.1) is 0 Å². The number of benzene rings is 1. The summed E-state index contributed by atoms with van der Waals surface area (Å²) in [5.41, 5.74) is -1.22. The molecule has 1 amide bonds. The lowest BCUT2D eigenvalue weighted by atomic mass is 10.0. The summed E-state index contributed by atoms with van der Waals surface area (Å²) in [6.07, 6.45) is -0.255. The second-order valence-electron chi connectivity index (χ2n) is 7.30. The summed E-state index contributed by atoms with van der Waals surface area (Å²) in [6.45, 7) is 1.73. The zero-order chi connectivity index (χ0) is 22.9. The zero-order valence-electron chi connectivity index (χ0n) is 16.9. The van der Waals surface area contributed by atoms with Crippen LogP contribution in [0.1, 0.15) is 31.9 Å². The number of allylic oxidation sites excluding steroid dienone is 1. The van der Waals surface area contributed by atoms with E-state index < -0.39 is 36.0 Å². The number of aliphatic hydroxyl groups excluding tert-OH is 1. The minimum absolute atomic E-state index is 0.0691. The first kappa shape index (κ1) is 25.4. The van der Waals surface area contributed by atoms with E-state index in [4.69, 9.17) is 10.1 Å². The maximum Gasteiger partial charge on any atom is 0.407 e. The molecular formula is C19H26F4N4O3. The molecule has 1 aromatic carbocycles. The standard InChI is InChI=1S/C19H26F4N4O3/c1-19(2,3)30-18(29)27-9-13(28)8-25-10-14-15(20)4-11(5-16(14)21)12(6-24)7-26-17(22)23/h4-7,13,17,24-26,28H,8-10H2,1-3H3,(H,27,29)/b12-7+,24-6?/t13-/m0/s1. The number of ether oxygens (including phenoxy) is 1. The van der Waals surface area contributed by atoms with E-state index in [1.54, 1.807) is 26.1 Å². The molecule has 0 radical (unpaired) electrons. The van der Waals surface area contributed by atoms with Crippen LogP contribution in [0.15, 0.2) is 18.3 Å². The van der Waals surface area contributed by atoms with Gasteiger partial charge in [0.1, 0.15) is 17.2 Å². The minimum atomic E-state index is -2.88. The molecule has 0 aliphatic carbocycles. The van der Waals surface area contributed by atoms with E-state index in [-0.39, 0.29) is 36.3 Å². The summed E-state index contributed by atoms with van der Waals surface area (Å²) in [5, 5.41) is 23.7. The first-order valence-corrected chi connectivity index (χ1v) is 9.01. The Balaban J connectivity index is 2.63. The van der Waals surface area contributed by atoms with Gasteiger partial charge >= 0.3 is 12.6 Å². The molecule has 0 saturated heterocycles. The van der Waals surface area contributed by atoms with Gasteiger partial charge in [0.2, 0.25) is 0 Å². The van der Waals surface area contributed by atoms with Crippen LogP contribution in [0.3, 0.4) is 0 Å². The SMILES string of the molecule is CC(C)(C)OC(=O)NC[C@@H](O)CNCc1c(F)cc(/C(C=N)=C/NC(F)F)cc1F. The Hall–Kier alpha value is -2.66. The number of hydrogen-bond acceptors (Lipinski definition) is 6. The van der Waals surface area contributed by atoms with Crippen molar-refractivity contribution in [3.8, 4) is 0 Å². The molecule has 5 N–H and O–H groups in total. The molecule has 30 heavy (non-hydrogen) atoms. The number of amides is 1. The molecule has 0 saturated carbocycles. The van der Waals surface area contributed by atoms with Crippen LogP contribution in [0.2, 0.25) is 0 Å². The molecule has 0 unspecified atom stereocenters. The molecule has 1 aromatic rings. The number of alkyl carbamates (subject to hydrolysis) is 1. The molecule has 0 aliphatic heterocycles. The summed E-state index contributed by atoms with van der Waals surface area (Å²) in [7, 11) is 0. The van der Waals surface area contributed by atoms with Gasteiger partial charge in [-0.05, 0) is 38.5 Å². The fourth-order valence-electron chi connectivity index (χ4n) is 2.25. The van der Waals surface area contributed by atoms with Crippen molar-refractivity contribution in [2.75, 3.05) is 13.1 Å². The number of alkyl halides is 2. The van der Waals surface area contributed by atoms with Crippen molar-refractivity contribution in [3.63, 3.8) is 0 Å². The largest absolute Gasteiger partial charge is 0.444 e. The molecule has 1 rings (SSSR count). The summed E-state index contributed by atoms with van der Waals surface area (Å²) in [4.78, 5) is 11.5.